The van der Waals surface area contributed by atoms with E-state index in [0.717, 1.165) is 41.9 Å². The van der Waals surface area contributed by atoms with Gasteiger partial charge in [0, 0.05) is 26.1 Å². The Morgan fingerprint density at radius 3 is 2.70 bits per heavy atom. The van der Waals surface area contributed by atoms with Gasteiger partial charge >= 0.3 is 0 Å². The van der Waals surface area contributed by atoms with Crippen LogP contribution in [0.5, 0.6) is 11.5 Å². The molecule has 0 aromatic heterocycles. The Kier molecular flexibility index (Phi) is 12.1. The summed E-state index contributed by atoms with van der Waals surface area (Å²) in [6.07, 6.45) is 4.56. The summed E-state index contributed by atoms with van der Waals surface area (Å²) in [6.45, 7) is 9.40. The number of rotatable bonds is 16. The van der Waals surface area contributed by atoms with Crippen LogP contribution in [-0.2, 0) is 17.6 Å². The van der Waals surface area contributed by atoms with E-state index in [1.165, 1.54) is 6.92 Å². The minimum absolute atomic E-state index is 0.0290. The molecule has 1 amide bonds. The lowest BCUT2D eigenvalue weighted by Crippen LogP contribution is -2.36. The van der Waals surface area contributed by atoms with Crippen molar-refractivity contribution in [1.82, 2.24) is 10.6 Å². The summed E-state index contributed by atoms with van der Waals surface area (Å²) in [5.41, 5.74) is 2.15. The molecule has 0 radical (unpaired) electrons. The fourth-order valence-corrected chi connectivity index (χ4v) is 3.41. The molecule has 0 saturated carbocycles. The zero-order valence-corrected chi connectivity index (χ0v) is 19.9. The van der Waals surface area contributed by atoms with Crippen molar-refractivity contribution in [3.05, 3.63) is 72.3 Å². The van der Waals surface area contributed by atoms with Crippen LogP contribution in [0, 0.1) is 0 Å². The van der Waals surface area contributed by atoms with E-state index in [2.05, 4.69) is 30.2 Å². The Hall–Kier alpha value is -2.83. The Bertz CT molecular complexity index is 841. The molecule has 0 heterocycles. The Morgan fingerprint density at radius 2 is 1.97 bits per heavy atom. The van der Waals surface area contributed by atoms with Gasteiger partial charge in [0.2, 0.25) is 5.91 Å². The van der Waals surface area contributed by atoms with Gasteiger partial charge in [-0.2, -0.15) is 0 Å². The van der Waals surface area contributed by atoms with E-state index >= 15 is 0 Å². The quantitative estimate of drug-likeness (QED) is 0.266. The first-order valence-electron chi connectivity index (χ1n) is 11.7. The van der Waals surface area contributed by atoms with E-state index in [1.807, 2.05) is 48.5 Å². The monoisotopic (exact) mass is 454 g/mol. The van der Waals surface area contributed by atoms with Crippen LogP contribution in [0.15, 0.2) is 61.2 Å². The van der Waals surface area contributed by atoms with Crippen LogP contribution in [0.2, 0.25) is 0 Å². The molecule has 2 unspecified atom stereocenters. The highest BCUT2D eigenvalue weighted by Gasteiger charge is 2.11. The highest BCUT2D eigenvalue weighted by molar-refractivity contribution is 5.72. The number of ether oxygens (including phenoxy) is 2. The Labute approximate surface area is 198 Å². The number of carbonyl (C=O) groups excluding carboxylic acids is 1. The van der Waals surface area contributed by atoms with Crippen LogP contribution in [-0.4, -0.2) is 49.5 Å². The number of nitrogens with one attached hydrogen (secondary N) is 2. The average Bonchev–Trinajstić information content (AvgIpc) is 2.80. The second-order valence-corrected chi connectivity index (χ2v) is 8.25. The number of carbonyl (C=O) groups is 1. The molecule has 2 aromatic carbocycles. The third-order valence-corrected chi connectivity index (χ3v) is 5.20. The van der Waals surface area contributed by atoms with Crippen molar-refractivity contribution in [3.63, 3.8) is 0 Å². The number of hydrogen-bond donors (Lipinski definition) is 3. The Morgan fingerprint density at radius 1 is 1.18 bits per heavy atom. The number of aliphatic hydroxyl groups excluding tert-OH is 1. The number of benzene rings is 2. The number of allylic oxidation sites excluding steroid dienone is 1. The van der Waals surface area contributed by atoms with Crippen molar-refractivity contribution in [3.8, 4) is 11.5 Å². The van der Waals surface area contributed by atoms with Crippen molar-refractivity contribution >= 4 is 5.91 Å². The molecular formula is C27H38N2O4. The molecule has 0 aliphatic carbocycles. The summed E-state index contributed by atoms with van der Waals surface area (Å²) in [7, 11) is 0. The van der Waals surface area contributed by atoms with Gasteiger partial charge in [0.15, 0.2) is 0 Å². The second kappa shape index (κ2) is 15.1. The molecule has 0 aliphatic heterocycles. The minimum atomic E-state index is -0.607. The fourth-order valence-electron chi connectivity index (χ4n) is 3.41. The van der Waals surface area contributed by atoms with Crippen molar-refractivity contribution in [2.24, 2.45) is 0 Å². The molecule has 180 valence electrons. The number of amides is 1. The summed E-state index contributed by atoms with van der Waals surface area (Å²) >= 11 is 0. The van der Waals surface area contributed by atoms with Gasteiger partial charge in [-0.1, -0.05) is 36.4 Å². The molecule has 0 fully saturated rings. The number of hydrogen-bond acceptors (Lipinski definition) is 5. The zero-order valence-electron chi connectivity index (χ0n) is 19.9. The fraction of sp³-hybridized carbons (Fsp3) is 0.444. The summed E-state index contributed by atoms with van der Waals surface area (Å²) in [6, 6.07) is 16.1. The first-order chi connectivity index (χ1) is 16.0. The van der Waals surface area contributed by atoms with Crippen LogP contribution < -0.4 is 20.1 Å². The smallest absolute Gasteiger partial charge is 0.216 e. The van der Waals surface area contributed by atoms with Crippen LogP contribution in [0.3, 0.4) is 0 Å². The van der Waals surface area contributed by atoms with Gasteiger partial charge in [-0.25, -0.2) is 0 Å². The molecule has 2 atom stereocenters. The van der Waals surface area contributed by atoms with E-state index in [9.17, 15) is 9.90 Å². The van der Waals surface area contributed by atoms with E-state index in [0.29, 0.717) is 26.1 Å². The number of para-hydroxylation sites is 1. The second-order valence-electron chi connectivity index (χ2n) is 8.25. The lowest BCUT2D eigenvalue weighted by molar-refractivity contribution is -0.118. The minimum Gasteiger partial charge on any atom is -0.494 e. The summed E-state index contributed by atoms with van der Waals surface area (Å²) < 4.78 is 11.6. The third kappa shape index (κ3) is 11.0. The zero-order chi connectivity index (χ0) is 23.9. The van der Waals surface area contributed by atoms with Gasteiger partial charge in [0.25, 0.3) is 0 Å². The van der Waals surface area contributed by atoms with Crippen molar-refractivity contribution in [1.29, 1.82) is 0 Å². The summed E-state index contributed by atoms with van der Waals surface area (Å²) in [4.78, 5) is 11.0. The van der Waals surface area contributed by atoms with E-state index < -0.39 is 6.10 Å². The van der Waals surface area contributed by atoms with Gasteiger partial charge in [-0.15, -0.1) is 6.58 Å². The molecule has 6 nitrogen and oxygen atoms in total. The first kappa shape index (κ1) is 26.4. The maximum atomic E-state index is 11.0. The molecule has 33 heavy (non-hydrogen) atoms. The molecule has 2 aromatic rings. The molecule has 0 saturated heterocycles. The highest BCUT2D eigenvalue weighted by Crippen LogP contribution is 2.22. The van der Waals surface area contributed by atoms with Gasteiger partial charge in [0.05, 0.1) is 6.61 Å². The van der Waals surface area contributed by atoms with Gasteiger partial charge in [-0.3, -0.25) is 4.79 Å². The van der Waals surface area contributed by atoms with Crippen molar-refractivity contribution < 1.29 is 19.4 Å². The van der Waals surface area contributed by atoms with Crippen LogP contribution >= 0.6 is 0 Å². The first-order valence-corrected chi connectivity index (χ1v) is 11.7. The van der Waals surface area contributed by atoms with E-state index in [-0.39, 0.29) is 18.6 Å². The van der Waals surface area contributed by atoms with Gasteiger partial charge < -0.3 is 25.2 Å². The highest BCUT2D eigenvalue weighted by atomic mass is 16.5. The third-order valence-electron chi connectivity index (χ3n) is 5.20. The largest absolute Gasteiger partial charge is 0.494 e. The molecule has 0 aliphatic rings. The summed E-state index contributed by atoms with van der Waals surface area (Å²) in [5, 5.41) is 16.5. The average molecular weight is 455 g/mol. The maximum absolute atomic E-state index is 11.0. The van der Waals surface area contributed by atoms with Crippen molar-refractivity contribution in [2.75, 3.05) is 26.3 Å². The molecule has 0 spiro atoms. The van der Waals surface area contributed by atoms with Crippen LogP contribution in [0.4, 0.5) is 0 Å². The molecule has 2 rings (SSSR count). The SMILES string of the molecule is C=CCc1cc(CCNC(C)=O)ccc1OCC(O)CNC(C)CCCOc1ccccc1. The predicted molar refractivity (Wildman–Crippen MR) is 133 cm³/mol. The molecular weight excluding hydrogens is 416 g/mol. The van der Waals surface area contributed by atoms with E-state index in [1.54, 1.807) is 0 Å². The van der Waals surface area contributed by atoms with Gasteiger partial charge in [-0.05, 0) is 61.9 Å². The Balaban J connectivity index is 1.69. The van der Waals surface area contributed by atoms with E-state index in [4.69, 9.17) is 9.47 Å². The molecule has 3 N–H and O–H groups in total. The molecule has 0 bridgehead atoms. The number of aliphatic hydroxyl groups is 1. The van der Waals surface area contributed by atoms with Crippen LogP contribution in [0.1, 0.15) is 37.8 Å². The molecule has 6 heteroatoms. The summed E-state index contributed by atoms with van der Waals surface area (Å²) in [5.74, 6) is 1.62. The topological polar surface area (TPSA) is 79.8 Å². The normalized spacial score (nSPS) is 12.6. The lowest BCUT2D eigenvalue weighted by atomic mass is 10.0. The maximum Gasteiger partial charge on any atom is 0.216 e. The standard InChI is InChI=1S/C27H38N2O4/c1-4-9-24-18-23(15-16-28-22(3)30)13-14-27(24)33-20-25(31)19-29-21(2)10-8-17-32-26-11-6-5-7-12-26/h4-7,11-14,18,21,25,29,31H,1,8-10,15-17,19-20H2,2-3H3,(H,28,30). The van der Waals surface area contributed by atoms with Crippen molar-refractivity contribution in [2.45, 2.75) is 51.7 Å². The predicted octanol–water partition coefficient (Wildman–Crippen LogP) is 3.67. The lowest BCUT2D eigenvalue weighted by Gasteiger charge is -2.19. The van der Waals surface area contributed by atoms with Gasteiger partial charge in [0.1, 0.15) is 24.2 Å². The van der Waals surface area contributed by atoms with Crippen LogP contribution in [0.25, 0.3) is 0 Å².